The van der Waals surface area contributed by atoms with Gasteiger partial charge in [-0.15, -0.1) is 0 Å². The van der Waals surface area contributed by atoms with Gasteiger partial charge in [0.2, 0.25) is 0 Å². The third-order valence-corrected chi connectivity index (χ3v) is 4.76. The van der Waals surface area contributed by atoms with Gasteiger partial charge in [0.15, 0.2) is 11.5 Å². The minimum absolute atomic E-state index is 0.0750. The number of carbonyl (C=O) groups excluding carboxylic acids is 3. The Bertz CT molecular complexity index is 978. The van der Waals surface area contributed by atoms with Crippen molar-refractivity contribution in [1.82, 2.24) is 0 Å². The molecule has 29 heavy (non-hydrogen) atoms. The number of Topliss-reactive ketones (excluding diaryl/α,β-unsaturated/α-hetero) is 1. The molecule has 2 aromatic rings. The minimum atomic E-state index is -0.775. The van der Waals surface area contributed by atoms with Crippen LogP contribution in [-0.4, -0.2) is 29.9 Å². The van der Waals surface area contributed by atoms with E-state index in [4.69, 9.17) is 4.74 Å². The van der Waals surface area contributed by atoms with Crippen LogP contribution in [0.5, 0.6) is 0 Å². The first-order valence-electron chi connectivity index (χ1n) is 9.38. The molecule has 150 valence electrons. The molecule has 1 unspecified atom stereocenters. The second-order valence-corrected chi connectivity index (χ2v) is 7.31. The van der Waals surface area contributed by atoms with Crippen molar-refractivity contribution < 1.29 is 24.2 Å². The SMILES string of the molecule is COC(=O)c1cccc(N2C(=O)C(O)=C(C(=O)CC(C)C)C2c2ccccc2)c1. The average molecular weight is 393 g/mol. The smallest absolute Gasteiger partial charge is 0.337 e. The van der Waals surface area contributed by atoms with Crippen LogP contribution in [0.25, 0.3) is 0 Å². The first-order valence-corrected chi connectivity index (χ1v) is 9.38. The Kier molecular flexibility index (Phi) is 5.82. The Morgan fingerprint density at radius 1 is 1.10 bits per heavy atom. The highest BCUT2D eigenvalue weighted by Crippen LogP contribution is 2.41. The van der Waals surface area contributed by atoms with Gasteiger partial charge in [0.05, 0.1) is 24.3 Å². The van der Waals surface area contributed by atoms with E-state index < -0.39 is 23.7 Å². The maximum Gasteiger partial charge on any atom is 0.337 e. The number of methoxy groups -OCH3 is 1. The van der Waals surface area contributed by atoms with Gasteiger partial charge in [0, 0.05) is 12.1 Å². The summed E-state index contributed by atoms with van der Waals surface area (Å²) in [6.45, 7) is 3.81. The van der Waals surface area contributed by atoms with Gasteiger partial charge >= 0.3 is 5.97 Å². The minimum Gasteiger partial charge on any atom is -0.503 e. The van der Waals surface area contributed by atoms with Gasteiger partial charge in [-0.2, -0.15) is 0 Å². The van der Waals surface area contributed by atoms with Gasteiger partial charge in [-0.05, 0) is 29.7 Å². The molecule has 0 spiro atoms. The summed E-state index contributed by atoms with van der Waals surface area (Å²) in [6, 6.07) is 14.7. The monoisotopic (exact) mass is 393 g/mol. The van der Waals surface area contributed by atoms with Crippen LogP contribution in [0.3, 0.4) is 0 Å². The Hall–Kier alpha value is -3.41. The molecule has 1 N–H and O–H groups in total. The third kappa shape index (κ3) is 3.92. The molecule has 1 amide bonds. The van der Waals surface area contributed by atoms with Gasteiger partial charge in [0.1, 0.15) is 0 Å². The zero-order valence-corrected chi connectivity index (χ0v) is 16.6. The average Bonchev–Trinajstić information content (AvgIpc) is 2.98. The first-order chi connectivity index (χ1) is 13.8. The van der Waals surface area contributed by atoms with E-state index in [-0.39, 0.29) is 29.3 Å². The highest BCUT2D eigenvalue weighted by molar-refractivity contribution is 6.16. The second-order valence-electron chi connectivity index (χ2n) is 7.31. The van der Waals surface area contributed by atoms with Crippen molar-refractivity contribution in [2.75, 3.05) is 12.0 Å². The number of hydrogen-bond acceptors (Lipinski definition) is 5. The fraction of sp³-hybridized carbons (Fsp3) is 0.261. The summed E-state index contributed by atoms with van der Waals surface area (Å²) in [6.07, 6.45) is 0.214. The van der Waals surface area contributed by atoms with Crippen LogP contribution in [0.4, 0.5) is 5.69 Å². The molecular formula is C23H23NO5. The number of aliphatic hydroxyl groups excluding tert-OH is 1. The van der Waals surface area contributed by atoms with E-state index in [0.717, 1.165) is 0 Å². The number of aliphatic hydroxyl groups is 1. The first kappa shape index (κ1) is 20.3. The van der Waals surface area contributed by atoms with Crippen molar-refractivity contribution in [1.29, 1.82) is 0 Å². The molecule has 6 nitrogen and oxygen atoms in total. The molecule has 6 heteroatoms. The molecule has 0 radical (unpaired) electrons. The molecule has 1 aliphatic heterocycles. The van der Waals surface area contributed by atoms with Crippen molar-refractivity contribution in [2.45, 2.75) is 26.3 Å². The molecule has 1 atom stereocenters. The molecular weight excluding hydrogens is 370 g/mol. The largest absolute Gasteiger partial charge is 0.503 e. The highest BCUT2D eigenvalue weighted by Gasteiger charge is 2.44. The van der Waals surface area contributed by atoms with Gasteiger partial charge in [0.25, 0.3) is 5.91 Å². The van der Waals surface area contributed by atoms with E-state index in [1.807, 2.05) is 32.0 Å². The zero-order chi connectivity index (χ0) is 21.1. The second kappa shape index (κ2) is 8.31. The Morgan fingerprint density at radius 2 is 1.79 bits per heavy atom. The number of benzene rings is 2. The van der Waals surface area contributed by atoms with Crippen LogP contribution < -0.4 is 4.90 Å². The highest BCUT2D eigenvalue weighted by atomic mass is 16.5. The number of hydrogen-bond donors (Lipinski definition) is 1. The molecule has 2 aromatic carbocycles. The van der Waals surface area contributed by atoms with Crippen LogP contribution in [0, 0.1) is 5.92 Å². The molecule has 0 aromatic heterocycles. The number of amides is 1. The Morgan fingerprint density at radius 3 is 2.41 bits per heavy atom. The Balaban J connectivity index is 2.13. The van der Waals surface area contributed by atoms with Gasteiger partial charge < -0.3 is 9.84 Å². The number of nitrogens with zero attached hydrogens (tertiary/aromatic N) is 1. The van der Waals surface area contributed by atoms with E-state index >= 15 is 0 Å². The third-order valence-electron chi connectivity index (χ3n) is 4.76. The zero-order valence-electron chi connectivity index (χ0n) is 16.6. The molecule has 3 rings (SSSR count). The predicted molar refractivity (Wildman–Crippen MR) is 109 cm³/mol. The fourth-order valence-corrected chi connectivity index (χ4v) is 3.49. The number of ketones is 1. The lowest BCUT2D eigenvalue weighted by Crippen LogP contribution is -2.31. The number of rotatable bonds is 6. The molecule has 1 heterocycles. The summed E-state index contributed by atoms with van der Waals surface area (Å²) in [7, 11) is 1.28. The molecule has 0 saturated heterocycles. The van der Waals surface area contributed by atoms with E-state index in [1.165, 1.54) is 18.1 Å². The number of carbonyl (C=O) groups is 3. The summed E-state index contributed by atoms with van der Waals surface area (Å²) in [5, 5.41) is 10.6. The maximum absolute atomic E-state index is 13.0. The van der Waals surface area contributed by atoms with Crippen LogP contribution >= 0.6 is 0 Å². The van der Waals surface area contributed by atoms with E-state index in [0.29, 0.717) is 11.3 Å². The van der Waals surface area contributed by atoms with Gasteiger partial charge in [-0.25, -0.2) is 4.79 Å². The maximum atomic E-state index is 13.0. The van der Waals surface area contributed by atoms with E-state index in [9.17, 15) is 19.5 Å². The fourth-order valence-electron chi connectivity index (χ4n) is 3.49. The van der Waals surface area contributed by atoms with Crippen LogP contribution in [0.1, 0.15) is 42.2 Å². The lowest BCUT2D eigenvalue weighted by atomic mass is 9.92. The molecule has 1 aliphatic rings. The molecule has 0 bridgehead atoms. The quantitative estimate of drug-likeness (QED) is 0.750. The van der Waals surface area contributed by atoms with Crippen molar-refractivity contribution in [3.8, 4) is 0 Å². The van der Waals surface area contributed by atoms with Crippen molar-refractivity contribution >= 4 is 23.3 Å². The van der Waals surface area contributed by atoms with E-state index in [2.05, 4.69) is 0 Å². The number of esters is 1. The number of ether oxygens (including phenoxy) is 1. The lowest BCUT2D eigenvalue weighted by molar-refractivity contribution is -0.118. The molecule has 0 saturated carbocycles. The van der Waals surface area contributed by atoms with Crippen molar-refractivity contribution in [3.05, 3.63) is 77.1 Å². The van der Waals surface area contributed by atoms with Crippen LogP contribution in [0.15, 0.2) is 65.9 Å². The van der Waals surface area contributed by atoms with Crippen LogP contribution in [-0.2, 0) is 14.3 Å². The molecule has 0 fully saturated rings. The predicted octanol–water partition coefficient (Wildman–Crippen LogP) is 3.99. The molecule has 0 aliphatic carbocycles. The Labute approximate surface area is 169 Å². The van der Waals surface area contributed by atoms with Crippen molar-refractivity contribution in [2.24, 2.45) is 5.92 Å². The lowest BCUT2D eigenvalue weighted by Gasteiger charge is -2.27. The summed E-state index contributed by atoms with van der Waals surface area (Å²) in [4.78, 5) is 39.2. The topological polar surface area (TPSA) is 83.9 Å². The standard InChI is InChI=1S/C23H23NO5/c1-14(2)12-18(25)19-20(15-8-5-4-6-9-15)24(22(27)21(19)26)17-11-7-10-16(13-17)23(28)29-3/h4-11,13-14,20,26H,12H2,1-3H3. The normalized spacial score (nSPS) is 16.5. The van der Waals surface area contributed by atoms with Gasteiger partial charge in [-0.1, -0.05) is 50.2 Å². The number of anilines is 1. The summed E-state index contributed by atoms with van der Waals surface area (Å²) >= 11 is 0. The summed E-state index contributed by atoms with van der Waals surface area (Å²) in [5.41, 5.74) is 1.44. The van der Waals surface area contributed by atoms with Crippen molar-refractivity contribution in [3.63, 3.8) is 0 Å². The summed E-state index contributed by atoms with van der Waals surface area (Å²) < 4.78 is 4.76. The van der Waals surface area contributed by atoms with Gasteiger partial charge in [-0.3, -0.25) is 14.5 Å². The van der Waals surface area contributed by atoms with Crippen LogP contribution in [0.2, 0.25) is 0 Å². The van der Waals surface area contributed by atoms with E-state index in [1.54, 1.807) is 30.3 Å². The summed E-state index contributed by atoms with van der Waals surface area (Å²) in [5.74, 6) is -1.96.